The van der Waals surface area contributed by atoms with E-state index < -0.39 is 0 Å². The average Bonchev–Trinajstić information content (AvgIpc) is 2.43. The molecule has 0 saturated heterocycles. The number of hydrogen-bond donors (Lipinski definition) is 3. The molecule has 0 bridgehead atoms. The van der Waals surface area contributed by atoms with E-state index >= 15 is 0 Å². The summed E-state index contributed by atoms with van der Waals surface area (Å²) in [7, 11) is 0. The summed E-state index contributed by atoms with van der Waals surface area (Å²) in [5.41, 5.74) is 8.25. The third-order valence-corrected chi connectivity index (χ3v) is 2.86. The van der Waals surface area contributed by atoms with Gasteiger partial charge in [-0.2, -0.15) is 0 Å². The third kappa shape index (κ3) is 3.38. The summed E-state index contributed by atoms with van der Waals surface area (Å²) in [4.78, 5) is 11.8. The van der Waals surface area contributed by atoms with Crippen molar-refractivity contribution in [2.45, 2.75) is 6.92 Å². The Morgan fingerprint density at radius 1 is 1.20 bits per heavy atom. The molecule has 0 heterocycles. The first-order chi connectivity index (χ1) is 9.56. The lowest BCUT2D eigenvalue weighted by Crippen LogP contribution is -2.08. The van der Waals surface area contributed by atoms with E-state index in [1.165, 1.54) is 6.08 Å². The van der Waals surface area contributed by atoms with Crippen molar-refractivity contribution in [1.82, 2.24) is 0 Å². The van der Waals surface area contributed by atoms with Crippen LogP contribution < -0.4 is 11.1 Å². The summed E-state index contributed by atoms with van der Waals surface area (Å²) >= 11 is 0. The molecule has 0 aliphatic heterocycles. The van der Waals surface area contributed by atoms with Crippen molar-refractivity contribution in [2.24, 2.45) is 0 Å². The van der Waals surface area contributed by atoms with Crippen LogP contribution in [0.15, 0.2) is 48.5 Å². The van der Waals surface area contributed by atoms with E-state index in [1.54, 1.807) is 43.3 Å². The zero-order valence-corrected chi connectivity index (χ0v) is 11.1. The number of phenols is 1. The van der Waals surface area contributed by atoms with Crippen molar-refractivity contribution in [3.8, 4) is 5.75 Å². The van der Waals surface area contributed by atoms with E-state index in [-0.39, 0.29) is 11.7 Å². The number of carbonyl (C=O) groups excluding carboxylic acids is 1. The van der Waals surface area contributed by atoms with Gasteiger partial charge < -0.3 is 16.2 Å². The summed E-state index contributed by atoms with van der Waals surface area (Å²) in [5, 5.41) is 12.4. The van der Waals surface area contributed by atoms with Crippen LogP contribution in [0.3, 0.4) is 0 Å². The number of benzene rings is 2. The molecule has 1 amide bonds. The number of nitrogens with two attached hydrogens (primary N) is 1. The molecule has 0 spiro atoms. The molecule has 2 aromatic carbocycles. The van der Waals surface area contributed by atoms with E-state index in [2.05, 4.69) is 5.32 Å². The van der Waals surface area contributed by atoms with Gasteiger partial charge in [0.1, 0.15) is 5.75 Å². The highest BCUT2D eigenvalue weighted by Gasteiger charge is 2.05. The summed E-state index contributed by atoms with van der Waals surface area (Å²) in [5.74, 6) is -0.218. The van der Waals surface area contributed by atoms with Gasteiger partial charge in [0.2, 0.25) is 5.91 Å². The minimum atomic E-state index is -0.303. The first-order valence-electron chi connectivity index (χ1n) is 6.19. The highest BCUT2D eigenvalue weighted by molar-refractivity contribution is 6.02. The van der Waals surface area contributed by atoms with Crippen molar-refractivity contribution >= 4 is 23.4 Å². The second-order valence-corrected chi connectivity index (χ2v) is 4.46. The molecule has 4 nitrogen and oxygen atoms in total. The van der Waals surface area contributed by atoms with Crippen LogP contribution >= 0.6 is 0 Å². The number of phenolic OH excluding ortho intramolecular Hbond substituents is 1. The largest absolute Gasteiger partial charge is 0.505 e. The molecular weight excluding hydrogens is 252 g/mol. The first kappa shape index (κ1) is 13.7. The van der Waals surface area contributed by atoms with Crippen LogP contribution in [0.25, 0.3) is 6.08 Å². The molecular formula is C16H16N2O2. The maximum absolute atomic E-state index is 11.8. The quantitative estimate of drug-likeness (QED) is 0.455. The Bertz CT molecular complexity index is 646. The topological polar surface area (TPSA) is 75.4 Å². The van der Waals surface area contributed by atoms with Crippen LogP contribution in [-0.2, 0) is 4.79 Å². The molecule has 0 saturated carbocycles. The van der Waals surface area contributed by atoms with E-state index in [4.69, 9.17) is 5.73 Å². The van der Waals surface area contributed by atoms with Crippen molar-refractivity contribution < 1.29 is 9.90 Å². The van der Waals surface area contributed by atoms with Crippen LogP contribution in [0.4, 0.5) is 11.4 Å². The highest BCUT2D eigenvalue weighted by Crippen LogP contribution is 2.26. The number of aromatic hydroxyl groups is 1. The van der Waals surface area contributed by atoms with Crippen molar-refractivity contribution in [3.05, 3.63) is 59.7 Å². The van der Waals surface area contributed by atoms with E-state index in [0.717, 1.165) is 5.56 Å². The molecule has 4 heteroatoms. The third-order valence-electron chi connectivity index (χ3n) is 2.86. The van der Waals surface area contributed by atoms with Crippen LogP contribution in [0.5, 0.6) is 5.75 Å². The Labute approximate surface area is 117 Å². The minimum Gasteiger partial charge on any atom is -0.505 e. The normalized spacial score (nSPS) is 10.7. The summed E-state index contributed by atoms with van der Waals surface area (Å²) in [6.07, 6.45) is 3.09. The minimum absolute atomic E-state index is 0.0849. The Kier molecular flexibility index (Phi) is 4.05. The zero-order valence-electron chi connectivity index (χ0n) is 11.1. The molecule has 0 unspecified atom stereocenters. The van der Waals surface area contributed by atoms with Crippen LogP contribution in [0.2, 0.25) is 0 Å². The Balaban J connectivity index is 2.05. The van der Waals surface area contributed by atoms with Crippen molar-refractivity contribution in [1.29, 1.82) is 0 Å². The number of carbonyl (C=O) groups is 1. The molecule has 0 radical (unpaired) electrons. The van der Waals surface area contributed by atoms with E-state index in [1.807, 2.05) is 12.1 Å². The SMILES string of the molecule is Cc1cccc(NC(=O)/C=C/c2ccc(N)cc2)c1O. The fourth-order valence-corrected chi connectivity index (χ4v) is 1.71. The lowest BCUT2D eigenvalue weighted by molar-refractivity contribution is -0.111. The van der Waals surface area contributed by atoms with Gasteiger partial charge in [-0.3, -0.25) is 4.79 Å². The Morgan fingerprint density at radius 2 is 1.90 bits per heavy atom. The summed E-state index contributed by atoms with van der Waals surface area (Å²) in [6.45, 7) is 1.77. The van der Waals surface area contributed by atoms with Gasteiger partial charge in [-0.1, -0.05) is 24.3 Å². The zero-order chi connectivity index (χ0) is 14.5. The second kappa shape index (κ2) is 5.93. The van der Waals surface area contributed by atoms with Crippen molar-refractivity contribution in [2.75, 3.05) is 11.1 Å². The van der Waals surface area contributed by atoms with Gasteiger partial charge in [0.15, 0.2) is 0 Å². The van der Waals surface area contributed by atoms with Crippen molar-refractivity contribution in [3.63, 3.8) is 0 Å². The van der Waals surface area contributed by atoms with Gasteiger partial charge in [0.25, 0.3) is 0 Å². The fraction of sp³-hybridized carbons (Fsp3) is 0.0625. The fourth-order valence-electron chi connectivity index (χ4n) is 1.71. The number of anilines is 2. The van der Waals surface area contributed by atoms with E-state index in [9.17, 15) is 9.90 Å². The Morgan fingerprint density at radius 3 is 2.60 bits per heavy atom. The molecule has 0 aromatic heterocycles. The predicted octanol–water partition coefficient (Wildman–Crippen LogP) is 2.93. The lowest BCUT2D eigenvalue weighted by atomic mass is 10.2. The number of nitrogens with one attached hydrogen (secondary N) is 1. The molecule has 0 atom stereocenters. The first-order valence-corrected chi connectivity index (χ1v) is 6.19. The summed E-state index contributed by atoms with van der Waals surface area (Å²) in [6, 6.07) is 12.4. The maximum atomic E-state index is 11.8. The number of para-hydroxylation sites is 1. The number of nitrogen functional groups attached to an aromatic ring is 1. The molecule has 20 heavy (non-hydrogen) atoms. The van der Waals surface area contributed by atoms with Gasteiger partial charge in [0, 0.05) is 11.8 Å². The second-order valence-electron chi connectivity index (χ2n) is 4.46. The molecule has 0 fully saturated rings. The Hall–Kier alpha value is -2.75. The van der Waals surface area contributed by atoms with Gasteiger partial charge in [-0.05, 0) is 42.3 Å². The monoisotopic (exact) mass is 268 g/mol. The smallest absolute Gasteiger partial charge is 0.248 e. The summed E-state index contributed by atoms with van der Waals surface area (Å²) < 4.78 is 0. The van der Waals surface area contributed by atoms with Crippen LogP contribution in [0, 0.1) is 6.92 Å². The number of hydrogen-bond acceptors (Lipinski definition) is 3. The number of amides is 1. The number of rotatable bonds is 3. The molecule has 4 N–H and O–H groups in total. The van der Waals surface area contributed by atoms with Gasteiger partial charge >= 0.3 is 0 Å². The molecule has 102 valence electrons. The standard InChI is InChI=1S/C16H16N2O2/c1-11-3-2-4-14(16(11)20)18-15(19)10-7-12-5-8-13(17)9-6-12/h2-10,20H,17H2,1H3,(H,18,19)/b10-7+. The number of aryl methyl sites for hydroxylation is 1. The van der Waals surface area contributed by atoms with Gasteiger partial charge in [-0.15, -0.1) is 0 Å². The van der Waals surface area contributed by atoms with Crippen LogP contribution in [0.1, 0.15) is 11.1 Å². The van der Waals surface area contributed by atoms with Gasteiger partial charge in [0.05, 0.1) is 5.69 Å². The molecule has 0 aliphatic rings. The highest BCUT2D eigenvalue weighted by atomic mass is 16.3. The predicted molar refractivity (Wildman–Crippen MR) is 81.4 cm³/mol. The lowest BCUT2D eigenvalue weighted by Gasteiger charge is -2.06. The molecule has 2 aromatic rings. The molecule has 2 rings (SSSR count). The molecule has 0 aliphatic carbocycles. The average molecular weight is 268 g/mol. The van der Waals surface area contributed by atoms with Crippen LogP contribution in [-0.4, -0.2) is 11.0 Å². The van der Waals surface area contributed by atoms with E-state index in [0.29, 0.717) is 16.9 Å². The maximum Gasteiger partial charge on any atom is 0.248 e. The van der Waals surface area contributed by atoms with Gasteiger partial charge in [-0.25, -0.2) is 0 Å².